The van der Waals surface area contributed by atoms with Crippen LogP contribution in [-0.2, 0) is 18.3 Å². The van der Waals surface area contributed by atoms with E-state index in [1.165, 1.54) is 0 Å². The van der Waals surface area contributed by atoms with Gasteiger partial charge in [0.2, 0.25) is 0 Å². The number of morpholine rings is 1. The zero-order chi connectivity index (χ0) is 18.8. The maximum Gasteiger partial charge on any atom is 0.163 e. The van der Waals surface area contributed by atoms with Crippen molar-refractivity contribution in [3.8, 4) is 17.1 Å². The maximum absolute atomic E-state index is 9.71. The third kappa shape index (κ3) is 3.98. The predicted octanol–water partition coefficient (Wildman–Crippen LogP) is 3.41. The molecule has 0 aliphatic carbocycles. The van der Waals surface area contributed by atoms with Crippen LogP contribution in [0.1, 0.15) is 17.5 Å². The Balaban J connectivity index is 1.48. The highest BCUT2D eigenvalue weighted by molar-refractivity contribution is 6.30. The summed E-state index contributed by atoms with van der Waals surface area (Å²) >= 11 is 5.97. The van der Waals surface area contributed by atoms with Crippen LogP contribution in [0, 0.1) is 0 Å². The van der Waals surface area contributed by atoms with E-state index in [1.807, 2.05) is 48.0 Å². The number of benzene rings is 2. The van der Waals surface area contributed by atoms with Gasteiger partial charge in [-0.3, -0.25) is 4.90 Å². The molecule has 0 amide bonds. The van der Waals surface area contributed by atoms with E-state index in [0.29, 0.717) is 18.2 Å². The lowest BCUT2D eigenvalue weighted by Crippen LogP contribution is -2.38. The van der Waals surface area contributed by atoms with Crippen molar-refractivity contribution in [3.05, 3.63) is 64.9 Å². The highest BCUT2D eigenvalue weighted by atomic mass is 35.5. The van der Waals surface area contributed by atoms with Gasteiger partial charge in [0.25, 0.3) is 0 Å². The number of halogens is 1. The summed E-state index contributed by atoms with van der Waals surface area (Å²) in [5, 5.41) is 19.1. The van der Waals surface area contributed by atoms with Crippen LogP contribution in [0.2, 0.25) is 5.02 Å². The Labute approximate surface area is 163 Å². The van der Waals surface area contributed by atoms with E-state index in [1.54, 1.807) is 12.1 Å². The molecule has 2 heterocycles. The summed E-state index contributed by atoms with van der Waals surface area (Å²) in [6, 6.07) is 14.9. The van der Waals surface area contributed by atoms with Gasteiger partial charge in [-0.25, -0.2) is 0 Å². The van der Waals surface area contributed by atoms with Gasteiger partial charge >= 0.3 is 0 Å². The molecule has 0 bridgehead atoms. The van der Waals surface area contributed by atoms with Crippen molar-refractivity contribution in [2.24, 2.45) is 7.05 Å². The minimum absolute atomic E-state index is 0.0604. The lowest BCUT2D eigenvalue weighted by Gasteiger charge is -2.32. The smallest absolute Gasteiger partial charge is 0.163 e. The Bertz CT molecular complexity index is 926. The number of aromatic hydroxyl groups is 1. The fourth-order valence-corrected chi connectivity index (χ4v) is 3.45. The molecule has 1 atom stereocenters. The van der Waals surface area contributed by atoms with Crippen LogP contribution >= 0.6 is 11.6 Å². The van der Waals surface area contributed by atoms with Crippen LogP contribution in [0.3, 0.4) is 0 Å². The first-order chi connectivity index (χ1) is 13.1. The van der Waals surface area contributed by atoms with Crippen molar-refractivity contribution >= 4 is 11.6 Å². The maximum atomic E-state index is 9.71. The molecule has 1 unspecified atom stereocenters. The largest absolute Gasteiger partial charge is 0.508 e. The average molecular weight is 385 g/mol. The van der Waals surface area contributed by atoms with Crippen molar-refractivity contribution in [2.75, 3.05) is 19.7 Å². The molecule has 7 heteroatoms. The summed E-state index contributed by atoms with van der Waals surface area (Å²) in [6.45, 7) is 2.91. The minimum Gasteiger partial charge on any atom is -0.508 e. The lowest BCUT2D eigenvalue weighted by molar-refractivity contribution is -0.0339. The molecule has 3 aromatic rings. The van der Waals surface area contributed by atoms with Gasteiger partial charge in [0, 0.05) is 30.7 Å². The number of nitrogens with zero attached hydrogens (tertiary/aromatic N) is 4. The Morgan fingerprint density at radius 1 is 1.19 bits per heavy atom. The molecule has 0 saturated carbocycles. The highest BCUT2D eigenvalue weighted by Gasteiger charge is 2.24. The molecule has 1 aliphatic heterocycles. The Morgan fingerprint density at radius 3 is 2.78 bits per heavy atom. The molecule has 0 spiro atoms. The summed E-state index contributed by atoms with van der Waals surface area (Å²) in [5.41, 5.74) is 1.97. The summed E-state index contributed by atoms with van der Waals surface area (Å²) in [6.07, 6.45) is -0.0604. The molecule has 2 aromatic carbocycles. The van der Waals surface area contributed by atoms with Crippen molar-refractivity contribution < 1.29 is 9.84 Å². The van der Waals surface area contributed by atoms with E-state index in [-0.39, 0.29) is 11.9 Å². The van der Waals surface area contributed by atoms with Crippen LogP contribution in [0.4, 0.5) is 0 Å². The molecular formula is C20H21ClN4O2. The predicted molar refractivity (Wildman–Crippen MR) is 104 cm³/mol. The van der Waals surface area contributed by atoms with Gasteiger partial charge in [0.15, 0.2) is 5.82 Å². The molecule has 27 heavy (non-hydrogen) atoms. The standard InChI is InChI=1S/C20H21ClN4O2/c1-24-19(22-23-20(24)14-5-7-16(21)8-6-14)13-25-9-10-27-18(12-25)15-3-2-4-17(26)11-15/h2-8,11,18,26H,9-10,12-13H2,1H3. The lowest BCUT2D eigenvalue weighted by atomic mass is 10.1. The molecule has 140 valence electrons. The Kier molecular flexibility index (Phi) is 5.11. The molecule has 1 saturated heterocycles. The summed E-state index contributed by atoms with van der Waals surface area (Å²) in [5.74, 6) is 1.98. The fraction of sp³-hybridized carbons (Fsp3) is 0.300. The molecule has 0 radical (unpaired) electrons. The SMILES string of the molecule is Cn1c(CN2CCOC(c3cccc(O)c3)C2)nnc1-c1ccc(Cl)cc1. The van der Waals surface area contributed by atoms with Crippen LogP contribution in [0.25, 0.3) is 11.4 Å². The van der Waals surface area contributed by atoms with E-state index < -0.39 is 0 Å². The Hall–Kier alpha value is -2.41. The number of hydrogen-bond donors (Lipinski definition) is 1. The van der Waals surface area contributed by atoms with Crippen molar-refractivity contribution in [1.29, 1.82) is 0 Å². The van der Waals surface area contributed by atoms with Crippen LogP contribution < -0.4 is 0 Å². The fourth-order valence-electron chi connectivity index (χ4n) is 3.32. The monoisotopic (exact) mass is 384 g/mol. The third-order valence-corrected chi connectivity index (χ3v) is 5.08. The van der Waals surface area contributed by atoms with Crippen LogP contribution in [0.5, 0.6) is 5.75 Å². The summed E-state index contributed by atoms with van der Waals surface area (Å²) in [4.78, 5) is 2.30. The highest BCUT2D eigenvalue weighted by Crippen LogP contribution is 2.26. The number of ether oxygens (including phenoxy) is 1. The van der Waals surface area contributed by atoms with E-state index in [0.717, 1.165) is 35.9 Å². The topological polar surface area (TPSA) is 63.4 Å². The quantitative estimate of drug-likeness (QED) is 0.746. The van der Waals surface area contributed by atoms with Crippen LogP contribution in [-0.4, -0.2) is 44.5 Å². The van der Waals surface area contributed by atoms with Gasteiger partial charge in [-0.15, -0.1) is 10.2 Å². The van der Waals surface area contributed by atoms with E-state index in [2.05, 4.69) is 15.1 Å². The second-order valence-corrected chi connectivity index (χ2v) is 7.13. The van der Waals surface area contributed by atoms with Crippen LogP contribution in [0.15, 0.2) is 48.5 Å². The van der Waals surface area contributed by atoms with E-state index in [4.69, 9.17) is 16.3 Å². The van der Waals surface area contributed by atoms with Crippen molar-refractivity contribution in [3.63, 3.8) is 0 Å². The summed E-state index contributed by atoms with van der Waals surface area (Å²) < 4.78 is 7.91. The van der Waals surface area contributed by atoms with Gasteiger partial charge in [-0.1, -0.05) is 23.7 Å². The van der Waals surface area contributed by atoms with Crippen molar-refractivity contribution in [1.82, 2.24) is 19.7 Å². The first-order valence-corrected chi connectivity index (χ1v) is 9.25. The molecular weight excluding hydrogens is 364 g/mol. The zero-order valence-electron chi connectivity index (χ0n) is 15.0. The normalized spacial score (nSPS) is 17.9. The van der Waals surface area contributed by atoms with E-state index >= 15 is 0 Å². The molecule has 1 aromatic heterocycles. The second kappa shape index (κ2) is 7.68. The molecule has 4 rings (SSSR count). The van der Waals surface area contributed by atoms with Gasteiger partial charge < -0.3 is 14.4 Å². The average Bonchev–Trinajstić information content (AvgIpc) is 3.03. The number of phenolic OH excluding ortho intramolecular Hbond substituents is 1. The van der Waals surface area contributed by atoms with E-state index in [9.17, 15) is 5.11 Å². The Morgan fingerprint density at radius 2 is 2.00 bits per heavy atom. The number of phenols is 1. The van der Waals surface area contributed by atoms with Gasteiger partial charge in [0.1, 0.15) is 11.6 Å². The minimum atomic E-state index is -0.0604. The molecule has 1 aliphatic rings. The summed E-state index contributed by atoms with van der Waals surface area (Å²) in [7, 11) is 1.98. The second-order valence-electron chi connectivity index (χ2n) is 6.70. The first kappa shape index (κ1) is 18.0. The zero-order valence-corrected chi connectivity index (χ0v) is 15.8. The molecule has 1 fully saturated rings. The van der Waals surface area contributed by atoms with Gasteiger partial charge in [-0.05, 0) is 42.0 Å². The first-order valence-electron chi connectivity index (χ1n) is 8.87. The number of rotatable bonds is 4. The van der Waals surface area contributed by atoms with Crippen molar-refractivity contribution in [2.45, 2.75) is 12.6 Å². The van der Waals surface area contributed by atoms with Gasteiger partial charge in [-0.2, -0.15) is 0 Å². The molecule has 1 N–H and O–H groups in total. The third-order valence-electron chi connectivity index (χ3n) is 4.83. The van der Waals surface area contributed by atoms with Gasteiger partial charge in [0.05, 0.1) is 19.3 Å². The molecule has 6 nitrogen and oxygen atoms in total. The number of hydrogen-bond acceptors (Lipinski definition) is 5. The number of aromatic nitrogens is 3.